The van der Waals surface area contributed by atoms with E-state index < -0.39 is 0 Å². The number of aromatic nitrogens is 2. The highest BCUT2D eigenvalue weighted by Gasteiger charge is 2.22. The second kappa shape index (κ2) is 6.90. The summed E-state index contributed by atoms with van der Waals surface area (Å²) in [6.45, 7) is 4.01. The molecule has 0 radical (unpaired) electrons. The maximum absolute atomic E-state index is 8.74. The van der Waals surface area contributed by atoms with Crippen LogP contribution in [0.2, 0.25) is 0 Å². The van der Waals surface area contributed by atoms with Crippen LogP contribution in [0, 0.1) is 5.92 Å². The molecule has 0 bridgehead atoms. The Morgan fingerprint density at radius 3 is 3.00 bits per heavy atom. The first-order valence-electron chi connectivity index (χ1n) is 7.08. The van der Waals surface area contributed by atoms with Crippen LogP contribution < -0.4 is 0 Å². The number of hydrogen-bond acceptors (Lipinski definition) is 3. The summed E-state index contributed by atoms with van der Waals surface area (Å²) in [5.41, 5.74) is 1.37. The third-order valence-corrected chi connectivity index (χ3v) is 3.79. The third kappa shape index (κ3) is 4.10. The molecule has 4 nitrogen and oxygen atoms in total. The molecule has 1 saturated heterocycles. The first kappa shape index (κ1) is 13.6. The molecule has 1 aliphatic heterocycles. The minimum Gasteiger partial charge on any atom is -0.396 e. The monoisotopic (exact) mass is 251 g/mol. The van der Waals surface area contributed by atoms with Gasteiger partial charge in [0, 0.05) is 26.4 Å². The normalized spacial score (nSPS) is 20.7. The van der Waals surface area contributed by atoms with Gasteiger partial charge in [0.2, 0.25) is 0 Å². The molecule has 0 spiro atoms. The summed E-state index contributed by atoms with van der Waals surface area (Å²) in [4.78, 5) is 2.57. The quantitative estimate of drug-likeness (QED) is 0.746. The first-order valence-corrected chi connectivity index (χ1v) is 7.08. The minimum absolute atomic E-state index is 0.337. The number of aliphatic hydroxyl groups excluding tert-OH is 1. The highest BCUT2D eigenvalue weighted by Crippen LogP contribution is 2.20. The van der Waals surface area contributed by atoms with Crippen LogP contribution in [0.25, 0.3) is 0 Å². The Bertz CT molecular complexity index is 351. The van der Waals surface area contributed by atoms with E-state index in [0.29, 0.717) is 6.61 Å². The van der Waals surface area contributed by atoms with Crippen molar-refractivity contribution in [2.75, 3.05) is 26.2 Å². The summed E-state index contributed by atoms with van der Waals surface area (Å²) in [7, 11) is 1.98. The van der Waals surface area contributed by atoms with Crippen molar-refractivity contribution in [3.05, 3.63) is 18.0 Å². The van der Waals surface area contributed by atoms with Gasteiger partial charge in [-0.05, 0) is 56.7 Å². The summed E-state index contributed by atoms with van der Waals surface area (Å²) < 4.78 is 1.89. The first-order chi connectivity index (χ1) is 8.78. The molecule has 2 heterocycles. The van der Waals surface area contributed by atoms with Gasteiger partial charge in [0.05, 0.1) is 6.20 Å². The summed E-state index contributed by atoms with van der Waals surface area (Å²) in [6.07, 6.45) is 9.93. The lowest BCUT2D eigenvalue weighted by Gasteiger charge is -2.15. The van der Waals surface area contributed by atoms with Crippen molar-refractivity contribution in [1.82, 2.24) is 14.7 Å². The molecule has 1 unspecified atom stereocenters. The number of aliphatic hydroxyl groups is 1. The SMILES string of the molecule is Cn1cc(CC2CCN(CCCCCO)C2)cn1. The smallest absolute Gasteiger partial charge is 0.0521 e. The molecule has 1 atom stereocenters. The number of likely N-dealkylation sites (tertiary alicyclic amines) is 1. The predicted molar refractivity (Wildman–Crippen MR) is 72.4 cm³/mol. The van der Waals surface area contributed by atoms with Crippen molar-refractivity contribution >= 4 is 0 Å². The molecule has 1 N–H and O–H groups in total. The second-order valence-corrected chi connectivity index (χ2v) is 5.47. The van der Waals surface area contributed by atoms with Crippen LogP contribution in [0.1, 0.15) is 31.2 Å². The minimum atomic E-state index is 0.337. The maximum atomic E-state index is 8.74. The highest BCUT2D eigenvalue weighted by molar-refractivity contribution is 5.05. The van der Waals surface area contributed by atoms with E-state index in [1.54, 1.807) is 0 Å². The molecule has 2 rings (SSSR count). The van der Waals surface area contributed by atoms with Crippen LogP contribution in [0.5, 0.6) is 0 Å². The van der Waals surface area contributed by atoms with E-state index in [1.807, 2.05) is 17.9 Å². The molecule has 0 amide bonds. The topological polar surface area (TPSA) is 41.3 Å². The van der Waals surface area contributed by atoms with Gasteiger partial charge in [-0.1, -0.05) is 0 Å². The van der Waals surface area contributed by atoms with Crippen LogP contribution in [0.3, 0.4) is 0 Å². The average molecular weight is 251 g/mol. The van der Waals surface area contributed by atoms with E-state index in [-0.39, 0.29) is 0 Å². The Balaban J connectivity index is 1.65. The van der Waals surface area contributed by atoms with Crippen molar-refractivity contribution in [3.8, 4) is 0 Å². The number of aryl methyl sites for hydroxylation is 1. The molecule has 0 aromatic carbocycles. The van der Waals surface area contributed by atoms with E-state index in [1.165, 1.54) is 44.5 Å². The van der Waals surface area contributed by atoms with E-state index >= 15 is 0 Å². The zero-order valence-electron chi connectivity index (χ0n) is 11.4. The zero-order valence-corrected chi connectivity index (χ0v) is 11.4. The molecular weight excluding hydrogens is 226 g/mol. The van der Waals surface area contributed by atoms with E-state index in [9.17, 15) is 0 Å². The summed E-state index contributed by atoms with van der Waals surface area (Å²) in [5, 5.41) is 13.0. The van der Waals surface area contributed by atoms with Crippen molar-refractivity contribution in [2.45, 2.75) is 32.1 Å². The molecule has 102 valence electrons. The van der Waals surface area contributed by atoms with Crippen LogP contribution in [-0.4, -0.2) is 46.0 Å². The predicted octanol–water partition coefficient (Wildman–Crippen LogP) is 1.45. The fourth-order valence-corrected chi connectivity index (χ4v) is 2.82. The van der Waals surface area contributed by atoms with Gasteiger partial charge in [-0.2, -0.15) is 5.10 Å². The molecule has 0 aliphatic carbocycles. The van der Waals surface area contributed by atoms with E-state index in [2.05, 4.69) is 16.2 Å². The van der Waals surface area contributed by atoms with Gasteiger partial charge in [-0.15, -0.1) is 0 Å². The summed E-state index contributed by atoms with van der Waals surface area (Å²) in [5.74, 6) is 0.798. The van der Waals surface area contributed by atoms with Gasteiger partial charge >= 0.3 is 0 Å². The van der Waals surface area contributed by atoms with Crippen LogP contribution in [-0.2, 0) is 13.5 Å². The molecule has 1 aromatic rings. The maximum Gasteiger partial charge on any atom is 0.0521 e. The molecular formula is C14H25N3O. The van der Waals surface area contributed by atoms with E-state index in [0.717, 1.165) is 18.8 Å². The number of nitrogens with zero attached hydrogens (tertiary/aromatic N) is 3. The van der Waals surface area contributed by atoms with Crippen LogP contribution >= 0.6 is 0 Å². The highest BCUT2D eigenvalue weighted by atomic mass is 16.2. The van der Waals surface area contributed by atoms with Crippen LogP contribution in [0.15, 0.2) is 12.4 Å². The van der Waals surface area contributed by atoms with Gasteiger partial charge in [-0.25, -0.2) is 0 Å². The molecule has 4 heteroatoms. The van der Waals surface area contributed by atoms with Gasteiger partial charge in [0.25, 0.3) is 0 Å². The molecule has 1 aromatic heterocycles. The van der Waals surface area contributed by atoms with Crippen LogP contribution in [0.4, 0.5) is 0 Å². The van der Waals surface area contributed by atoms with Gasteiger partial charge in [0.15, 0.2) is 0 Å². The third-order valence-electron chi connectivity index (χ3n) is 3.79. The largest absolute Gasteiger partial charge is 0.396 e. The van der Waals surface area contributed by atoms with Crippen molar-refractivity contribution in [1.29, 1.82) is 0 Å². The molecule has 18 heavy (non-hydrogen) atoms. The van der Waals surface area contributed by atoms with Crippen molar-refractivity contribution < 1.29 is 5.11 Å². The molecule has 0 saturated carbocycles. The Labute approximate surface area is 110 Å². The van der Waals surface area contributed by atoms with E-state index in [4.69, 9.17) is 5.11 Å². The molecule has 1 aliphatic rings. The van der Waals surface area contributed by atoms with Crippen molar-refractivity contribution in [3.63, 3.8) is 0 Å². The Hall–Kier alpha value is -0.870. The summed E-state index contributed by atoms with van der Waals surface area (Å²) >= 11 is 0. The lowest BCUT2D eigenvalue weighted by Crippen LogP contribution is -2.22. The van der Waals surface area contributed by atoms with Gasteiger partial charge in [0.1, 0.15) is 0 Å². The lowest BCUT2D eigenvalue weighted by atomic mass is 10.0. The Morgan fingerprint density at radius 2 is 2.28 bits per heavy atom. The van der Waals surface area contributed by atoms with Crippen molar-refractivity contribution in [2.24, 2.45) is 13.0 Å². The standard InChI is InChI=1S/C14H25N3O/c1-16-11-14(10-15-16)9-13-5-7-17(12-13)6-3-2-4-8-18/h10-11,13,18H,2-9,12H2,1H3. The molecule has 1 fully saturated rings. The lowest BCUT2D eigenvalue weighted by molar-refractivity contribution is 0.271. The van der Waals surface area contributed by atoms with Gasteiger partial charge < -0.3 is 10.0 Å². The Kier molecular flexibility index (Phi) is 5.20. The average Bonchev–Trinajstić information content (AvgIpc) is 2.95. The number of unbranched alkanes of at least 4 members (excludes halogenated alkanes) is 2. The van der Waals surface area contributed by atoms with Gasteiger partial charge in [-0.3, -0.25) is 4.68 Å². The number of rotatable bonds is 7. The Morgan fingerprint density at radius 1 is 1.39 bits per heavy atom. The summed E-state index contributed by atoms with van der Waals surface area (Å²) in [6, 6.07) is 0. The fraction of sp³-hybridized carbons (Fsp3) is 0.786. The zero-order chi connectivity index (χ0) is 12.8. The number of hydrogen-bond donors (Lipinski definition) is 1. The fourth-order valence-electron chi connectivity index (χ4n) is 2.82. The second-order valence-electron chi connectivity index (χ2n) is 5.47.